The molecule has 0 fully saturated rings. The van der Waals surface area contributed by atoms with Crippen LogP contribution in [0.3, 0.4) is 0 Å². The molecule has 0 amide bonds. The fourth-order valence-corrected chi connectivity index (χ4v) is 2.55. The van der Waals surface area contributed by atoms with E-state index in [0.717, 1.165) is 0 Å². The normalized spacial score (nSPS) is 16.8. The van der Waals surface area contributed by atoms with Crippen molar-refractivity contribution in [3.63, 3.8) is 0 Å². The maximum Gasteiger partial charge on any atom is 1.00 e. The predicted octanol–water partition coefficient (Wildman–Crippen LogP) is 4.50. The molecular formula is C12H2F25NaO3S. The Balaban J connectivity index is -0.00000800. The van der Waals surface area contributed by atoms with Crippen molar-refractivity contribution in [2.24, 2.45) is 0 Å². The zero-order valence-corrected chi connectivity index (χ0v) is 20.9. The molecule has 0 aliphatic heterocycles. The van der Waals surface area contributed by atoms with Crippen LogP contribution in [0, 0.1) is 0 Å². The molecule has 0 aromatic rings. The van der Waals surface area contributed by atoms with Gasteiger partial charge in [0.25, 0.3) is 0 Å². The summed E-state index contributed by atoms with van der Waals surface area (Å²) in [5, 5.41) is -8.22. The van der Waals surface area contributed by atoms with Crippen LogP contribution in [-0.4, -0.2) is 83.6 Å². The molecule has 0 unspecified atom stereocenters. The van der Waals surface area contributed by atoms with Crippen molar-refractivity contribution in [2.45, 2.75) is 70.7 Å². The maximum absolute atomic E-state index is 13.5. The second-order valence-electron chi connectivity index (χ2n) is 7.23. The van der Waals surface area contributed by atoms with Crippen molar-refractivity contribution in [3.8, 4) is 0 Å². The van der Waals surface area contributed by atoms with E-state index in [9.17, 15) is 118 Å². The first-order valence-electron chi connectivity index (χ1n) is 8.19. The first-order chi connectivity index (χ1) is 17.0. The van der Waals surface area contributed by atoms with E-state index < -0.39 is 80.8 Å². The fourth-order valence-electron chi connectivity index (χ4n) is 2.10. The zero-order chi connectivity index (χ0) is 34.5. The summed E-state index contributed by atoms with van der Waals surface area (Å²) in [4.78, 5) is 0. The summed E-state index contributed by atoms with van der Waals surface area (Å²) in [5.74, 6) is -94.0. The van der Waals surface area contributed by atoms with Gasteiger partial charge in [0.1, 0.15) is 0 Å². The summed E-state index contributed by atoms with van der Waals surface area (Å²) in [6.07, 6.45) is -8.23. The maximum atomic E-state index is 13.5. The Bertz CT molecular complexity index is 1110. The molecule has 30 heteroatoms. The summed E-state index contributed by atoms with van der Waals surface area (Å²) < 4.78 is 355. The molecule has 42 heavy (non-hydrogen) atoms. The molecule has 0 atom stereocenters. The Kier molecular flexibility index (Phi) is 10.7. The van der Waals surface area contributed by atoms with Crippen molar-refractivity contribution >= 4 is 10.1 Å². The second-order valence-corrected chi connectivity index (χ2v) is 8.70. The van der Waals surface area contributed by atoms with Crippen molar-refractivity contribution < 1.29 is 154 Å². The van der Waals surface area contributed by atoms with Crippen LogP contribution in [0.2, 0.25) is 0 Å². The van der Waals surface area contributed by atoms with E-state index in [1.807, 2.05) is 0 Å². The number of rotatable bonds is 11. The van der Waals surface area contributed by atoms with E-state index in [1.165, 1.54) is 0 Å². The van der Waals surface area contributed by atoms with E-state index in [0.29, 0.717) is 0 Å². The third-order valence-corrected chi connectivity index (χ3v) is 5.50. The topological polar surface area (TPSA) is 54.4 Å². The molecule has 0 aromatic heterocycles. The quantitative estimate of drug-likeness (QED) is 0.194. The minimum absolute atomic E-state index is 0. The molecule has 0 heterocycles. The van der Waals surface area contributed by atoms with Crippen LogP contribution in [0.15, 0.2) is 0 Å². The fraction of sp³-hybridized carbons (Fsp3) is 1.00. The second kappa shape index (κ2) is 10.3. The van der Waals surface area contributed by atoms with Crippen LogP contribution >= 0.6 is 0 Å². The van der Waals surface area contributed by atoms with Gasteiger partial charge in [-0.1, -0.05) is 0 Å². The monoisotopic (exact) mass is 724 g/mol. The molecule has 0 bridgehead atoms. The van der Waals surface area contributed by atoms with Gasteiger partial charge in [0, 0.05) is 0 Å². The summed E-state index contributed by atoms with van der Waals surface area (Å²) in [5.41, 5.74) is 0. The molecule has 250 valence electrons. The molecule has 0 spiro atoms. The third kappa shape index (κ3) is 4.97. The molecule has 0 saturated heterocycles. The van der Waals surface area contributed by atoms with Crippen molar-refractivity contribution in [1.29, 1.82) is 0 Å². The van der Waals surface area contributed by atoms with Gasteiger partial charge >= 0.3 is 110 Å². The minimum Gasteiger partial charge on any atom is -1.00 e. The Hall–Kier alpha value is -0.840. The van der Waals surface area contributed by atoms with E-state index >= 15 is 0 Å². The molecule has 0 rings (SSSR count). The Morgan fingerprint density at radius 3 is 0.619 bits per heavy atom. The molecular weight excluding hydrogens is 722 g/mol. The van der Waals surface area contributed by atoms with E-state index in [4.69, 9.17) is 4.55 Å². The van der Waals surface area contributed by atoms with Crippen LogP contribution in [0.1, 0.15) is 1.43 Å². The molecule has 0 aliphatic carbocycles. The molecule has 0 aliphatic rings. The summed E-state index contributed by atoms with van der Waals surface area (Å²) in [6, 6.07) is 0. The molecule has 0 radical (unpaired) electrons. The van der Waals surface area contributed by atoms with Crippen LogP contribution in [0.5, 0.6) is 0 Å². The van der Waals surface area contributed by atoms with Gasteiger partial charge in [-0.05, 0) is 0 Å². The van der Waals surface area contributed by atoms with Crippen molar-refractivity contribution in [3.05, 3.63) is 0 Å². The van der Waals surface area contributed by atoms with Gasteiger partial charge in [-0.3, -0.25) is 4.55 Å². The molecule has 0 saturated carbocycles. The van der Waals surface area contributed by atoms with Gasteiger partial charge in [-0.2, -0.15) is 118 Å². The molecule has 3 nitrogen and oxygen atoms in total. The molecule has 0 aromatic carbocycles. The first kappa shape index (κ1) is 43.3. The van der Waals surface area contributed by atoms with Crippen LogP contribution in [0.25, 0.3) is 0 Å². The van der Waals surface area contributed by atoms with Crippen LogP contribution in [0.4, 0.5) is 110 Å². The van der Waals surface area contributed by atoms with E-state index in [-0.39, 0.29) is 31.0 Å². The van der Waals surface area contributed by atoms with Crippen LogP contribution in [-0.2, 0) is 10.1 Å². The first-order valence-corrected chi connectivity index (χ1v) is 9.63. The van der Waals surface area contributed by atoms with Gasteiger partial charge in [0.05, 0.1) is 0 Å². The Morgan fingerprint density at radius 2 is 0.476 bits per heavy atom. The van der Waals surface area contributed by atoms with Gasteiger partial charge in [0.15, 0.2) is 0 Å². The van der Waals surface area contributed by atoms with Gasteiger partial charge < -0.3 is 1.43 Å². The zero-order valence-electron chi connectivity index (χ0n) is 19.1. The number of hydrogen-bond acceptors (Lipinski definition) is 2. The SMILES string of the molecule is O=S(=O)(O)C(F)(F)C(F)(F)C(F)(F)C(F)(F)C(F)(F)C(F)(F)C(F)(F)C(F)(F)C(F)(F)C(F)(F)C(F)(F)C(F)(F)F.[H-].[Na+]. The molecule has 1 N–H and O–H groups in total. The van der Waals surface area contributed by atoms with Crippen molar-refractivity contribution in [1.82, 2.24) is 0 Å². The summed E-state index contributed by atoms with van der Waals surface area (Å²) >= 11 is 0. The largest absolute Gasteiger partial charge is 1.00 e. The average Bonchev–Trinajstić information content (AvgIpc) is 2.70. The third-order valence-electron chi connectivity index (χ3n) is 4.59. The van der Waals surface area contributed by atoms with Crippen LogP contribution < -0.4 is 29.6 Å². The van der Waals surface area contributed by atoms with E-state index in [1.54, 1.807) is 0 Å². The number of hydrogen-bond donors (Lipinski definition) is 1. The van der Waals surface area contributed by atoms with E-state index in [2.05, 4.69) is 0 Å². The minimum atomic E-state index is -9.76. The van der Waals surface area contributed by atoms with Crippen molar-refractivity contribution in [2.75, 3.05) is 0 Å². The number of alkyl halides is 25. The van der Waals surface area contributed by atoms with Gasteiger partial charge in [-0.15, -0.1) is 0 Å². The number of halogens is 25. The summed E-state index contributed by atoms with van der Waals surface area (Å²) in [7, 11) is -8.24. The summed E-state index contributed by atoms with van der Waals surface area (Å²) in [6.45, 7) is 0. The van der Waals surface area contributed by atoms with Gasteiger partial charge in [0.2, 0.25) is 0 Å². The smallest absolute Gasteiger partial charge is 1.00 e. The predicted molar refractivity (Wildman–Crippen MR) is 73.1 cm³/mol. The standard InChI is InChI=1S/C12HF25O3S.Na.H/c13-1(14,3(17,18)5(21,22)7(25,26)9(29,30)11(33,34)35)2(15,16)4(19,20)6(23,24)8(27,28)10(31,32)12(36,37)41(38,39)40;;/h(H,38,39,40);;/q;+1;-1. The average molecular weight is 724 g/mol. The Morgan fingerprint density at radius 1 is 0.333 bits per heavy atom. The Labute approximate surface area is 234 Å². The van der Waals surface area contributed by atoms with Gasteiger partial charge in [-0.25, -0.2) is 0 Å².